The highest BCUT2D eigenvalue weighted by atomic mass is 16.4. The highest BCUT2D eigenvalue weighted by molar-refractivity contribution is 6.00. The third-order valence-corrected chi connectivity index (χ3v) is 21.0. The summed E-state index contributed by atoms with van der Waals surface area (Å²) in [5.41, 5.74) is 13.3. The third-order valence-electron chi connectivity index (χ3n) is 21.0. The molecule has 0 radical (unpaired) electrons. The average molecular weight is 1750 g/mol. The summed E-state index contributed by atoms with van der Waals surface area (Å²) in [5, 5.41) is 86.6. The van der Waals surface area contributed by atoms with E-state index in [4.69, 9.17) is 11.5 Å². The Morgan fingerprint density at radius 1 is 0.432 bits per heavy atom. The molecular formula is C87H130N18O20. The number of aromatic nitrogens is 3. The van der Waals surface area contributed by atoms with Crippen LogP contribution in [0.3, 0.4) is 0 Å². The Hall–Kier alpha value is -11.9. The predicted octanol–water partition coefficient (Wildman–Crippen LogP) is 0.745. The van der Waals surface area contributed by atoms with E-state index in [9.17, 15) is 97.5 Å². The Bertz CT molecular complexity index is 4260. The van der Waals surface area contributed by atoms with Crippen LogP contribution < -0.4 is 80.6 Å². The molecule has 38 heteroatoms. The van der Waals surface area contributed by atoms with Crippen molar-refractivity contribution in [2.45, 2.75) is 293 Å². The van der Waals surface area contributed by atoms with Crippen LogP contribution in [0.5, 0.6) is 5.75 Å². The van der Waals surface area contributed by atoms with Crippen molar-refractivity contribution in [1.82, 2.24) is 84.1 Å². The van der Waals surface area contributed by atoms with Gasteiger partial charge in [0, 0.05) is 75.3 Å². The van der Waals surface area contributed by atoms with Crippen LogP contribution in [0, 0.1) is 0 Å². The summed E-state index contributed by atoms with van der Waals surface area (Å²) in [6, 6.07) is 1.33. The number of H-pyrrole nitrogens is 2. The minimum atomic E-state index is -1.95. The van der Waals surface area contributed by atoms with Crippen LogP contribution in [-0.4, -0.2) is 234 Å². The van der Waals surface area contributed by atoms with E-state index in [0.717, 1.165) is 39.5 Å². The molecular weight excluding hydrogens is 1620 g/mol. The average Bonchev–Trinajstić information content (AvgIpc) is 1.75. The maximum atomic E-state index is 14.9. The number of aliphatic carboxylic acids is 1. The van der Waals surface area contributed by atoms with Gasteiger partial charge < -0.3 is 116 Å². The summed E-state index contributed by atoms with van der Waals surface area (Å²) in [5.74, 6) is -14.6. The molecule has 688 valence electrons. The molecule has 0 fully saturated rings. The van der Waals surface area contributed by atoms with Gasteiger partial charge in [-0.1, -0.05) is 145 Å². The second-order valence-corrected chi connectivity index (χ2v) is 31.6. The molecule has 0 saturated carbocycles. The quantitative estimate of drug-likeness (QED) is 0.0239. The van der Waals surface area contributed by atoms with Crippen molar-refractivity contribution >= 4 is 99.6 Å². The standard InChI is InChI=1S/C87H130N18O20/c1-7-8-9-10-11-12-13-14-15-16-17-18-22-35-73(112)91-43-28-26-34-66(87(124)125)98-79(116)65(40-41-72(89)111)97-81(118)68(45-58-36-38-61(110)39-37-58)101-85(122)74(54(4)107)104-77(114)53(3)95-80(117)69(46-59-48-92-63-32-24-23-31-62(59)63)100-83(120)70(47-60-49-90-51-93-60)102-86(123)75(55(5)108)105-84(121)71(50-106)103-82(119)67(44-57-29-20-19-21-30-57)99-78(115)64(33-25-27-42-88)96-76(113)52(2)94-56(6)109/h19-21,23-24,29-32,36-39,48-49,51-55,64-71,74-75,92,106-108,110H,7-18,22,25-28,33-35,40-47,50,88H2,1-6H3,(H2,89,111)(H,90,93)(H,91,112)(H,94,109)(H,95,117)(H,96,113)(H,97,118)(H,98,116)(H,99,115)(H,100,120)(H,101,122)(H,102,123)(H,103,119)(H,104,114)(H,105,121)(H,124,125)/t52-,53-,54-,55-,64-,65-,66-,67+,68+,69-,70-,71-,74-,75-/m1/s1. The molecule has 125 heavy (non-hydrogen) atoms. The van der Waals surface area contributed by atoms with Gasteiger partial charge in [-0.25, -0.2) is 9.78 Å². The predicted molar refractivity (Wildman–Crippen MR) is 463 cm³/mol. The lowest BCUT2D eigenvalue weighted by Crippen LogP contribution is -2.63. The number of aromatic hydroxyl groups is 1. The summed E-state index contributed by atoms with van der Waals surface area (Å²) in [6.45, 7) is 7.67. The molecule has 0 aliphatic carbocycles. The number of aliphatic hydroxyl groups excluding tert-OH is 3. The molecule has 2 heterocycles. The van der Waals surface area contributed by atoms with Crippen molar-refractivity contribution in [2.75, 3.05) is 19.7 Å². The van der Waals surface area contributed by atoms with Crippen molar-refractivity contribution < 1.29 is 97.5 Å². The number of nitrogens with two attached hydrogens (primary N) is 2. The summed E-state index contributed by atoms with van der Waals surface area (Å²) in [6.07, 6.45) is 15.4. The van der Waals surface area contributed by atoms with Crippen molar-refractivity contribution in [3.05, 3.63) is 120 Å². The molecule has 0 saturated heterocycles. The largest absolute Gasteiger partial charge is 0.508 e. The number of carboxylic acid groups (broad SMARTS) is 1. The smallest absolute Gasteiger partial charge is 0.326 e. The first-order chi connectivity index (χ1) is 59.7. The van der Waals surface area contributed by atoms with Crippen molar-refractivity contribution in [3.63, 3.8) is 0 Å². The minimum Gasteiger partial charge on any atom is -0.508 e. The molecule has 0 spiro atoms. The first-order valence-electron chi connectivity index (χ1n) is 43.1. The lowest BCUT2D eigenvalue weighted by atomic mass is 10.0. The fourth-order valence-electron chi connectivity index (χ4n) is 13.8. The molecule has 38 nitrogen and oxygen atoms in total. The van der Waals surface area contributed by atoms with Crippen LogP contribution in [0.4, 0.5) is 0 Å². The van der Waals surface area contributed by atoms with Gasteiger partial charge in [0.1, 0.15) is 78.3 Å². The number of unbranched alkanes of at least 4 members (excludes halogenated alkanes) is 14. The number of aromatic amines is 2. The van der Waals surface area contributed by atoms with E-state index >= 15 is 0 Å². The zero-order chi connectivity index (χ0) is 91.9. The summed E-state index contributed by atoms with van der Waals surface area (Å²) < 4.78 is 0. The lowest BCUT2D eigenvalue weighted by molar-refractivity contribution is -0.142. The van der Waals surface area contributed by atoms with Gasteiger partial charge in [0.25, 0.3) is 0 Å². The van der Waals surface area contributed by atoms with E-state index in [2.05, 4.69) is 91.0 Å². The molecule has 14 atom stereocenters. The van der Waals surface area contributed by atoms with E-state index in [0.29, 0.717) is 53.3 Å². The van der Waals surface area contributed by atoms with Crippen LogP contribution in [0.2, 0.25) is 0 Å². The number of nitrogens with one attached hydrogen (secondary N) is 15. The van der Waals surface area contributed by atoms with E-state index in [1.54, 1.807) is 60.8 Å². The van der Waals surface area contributed by atoms with Crippen LogP contribution in [0.25, 0.3) is 10.9 Å². The Labute approximate surface area is 728 Å². The highest BCUT2D eigenvalue weighted by Gasteiger charge is 2.39. The van der Waals surface area contributed by atoms with Crippen molar-refractivity contribution in [1.29, 1.82) is 0 Å². The monoisotopic (exact) mass is 1750 g/mol. The molecule has 24 N–H and O–H groups in total. The first-order valence-corrected chi connectivity index (χ1v) is 43.1. The number of para-hydroxylation sites is 1. The number of nitrogens with zero attached hydrogens (tertiary/aromatic N) is 1. The fourth-order valence-corrected chi connectivity index (χ4v) is 13.8. The number of carbonyl (C=O) groups excluding carboxylic acids is 14. The Balaban J connectivity index is 1.30. The number of phenols is 1. The van der Waals surface area contributed by atoms with Gasteiger partial charge in [-0.05, 0) is 120 Å². The second kappa shape index (κ2) is 56.1. The summed E-state index contributed by atoms with van der Waals surface area (Å²) >= 11 is 0. The molecule has 5 aromatic rings. The number of hydrogen-bond acceptors (Lipinski definition) is 21. The molecule has 2 aromatic heterocycles. The van der Waals surface area contributed by atoms with Gasteiger partial charge in [-0.2, -0.15) is 0 Å². The third kappa shape index (κ3) is 38.4. The number of amides is 14. The maximum Gasteiger partial charge on any atom is 0.326 e. The van der Waals surface area contributed by atoms with E-state index < -0.39 is 193 Å². The fraction of sp³-hybridized carbons (Fsp3) is 0.563. The number of fused-ring (bicyclic) bond motifs is 1. The summed E-state index contributed by atoms with van der Waals surface area (Å²) in [7, 11) is 0. The van der Waals surface area contributed by atoms with Gasteiger partial charge in [0.2, 0.25) is 82.7 Å². The topological polar surface area (TPSA) is 610 Å². The Morgan fingerprint density at radius 3 is 1.41 bits per heavy atom. The van der Waals surface area contributed by atoms with Gasteiger partial charge in [-0.3, -0.25) is 67.1 Å². The molecule has 0 bridgehead atoms. The molecule has 0 aliphatic rings. The number of aliphatic hydroxyl groups is 3. The number of carbonyl (C=O) groups is 15. The number of carboxylic acids is 1. The Morgan fingerprint density at radius 2 is 0.872 bits per heavy atom. The SMILES string of the molecule is CCCCCCCCCCCCCCCC(=O)NCCCC[C@@H](NC(=O)[C@@H](CCC(N)=O)NC(=O)[C@H](Cc1ccc(O)cc1)NC(=O)[C@H](NC(=O)[C@@H](C)NC(=O)[C@@H](Cc1c[nH]c2ccccc12)NC(=O)[C@@H](Cc1c[nH]cn1)NC(=O)[C@H](NC(=O)[C@@H](CO)NC(=O)[C@H](Cc1ccccc1)NC(=O)[C@@H](CCCCN)NC(=O)[C@@H](C)NC(C)=O)[C@@H](C)O)[C@@H](C)O)C(=O)O. The molecule has 14 amide bonds. The first kappa shape index (κ1) is 104. The lowest BCUT2D eigenvalue weighted by Gasteiger charge is -2.28. The van der Waals surface area contributed by atoms with Crippen LogP contribution >= 0.6 is 0 Å². The number of imidazole rings is 1. The molecule has 0 unspecified atom stereocenters. The van der Waals surface area contributed by atoms with Crippen molar-refractivity contribution in [2.24, 2.45) is 11.5 Å². The zero-order valence-electron chi connectivity index (χ0n) is 72.3. The van der Waals surface area contributed by atoms with Gasteiger partial charge in [-0.15, -0.1) is 0 Å². The van der Waals surface area contributed by atoms with Gasteiger partial charge >= 0.3 is 5.97 Å². The van der Waals surface area contributed by atoms with Crippen LogP contribution in [0.15, 0.2) is 97.6 Å². The van der Waals surface area contributed by atoms with E-state index in [1.165, 1.54) is 115 Å². The number of primary amides is 1. The zero-order valence-corrected chi connectivity index (χ0v) is 72.3. The number of hydrogen-bond donors (Lipinski definition) is 22. The van der Waals surface area contributed by atoms with E-state index in [1.807, 2.05) is 0 Å². The minimum absolute atomic E-state index is 0.0603. The van der Waals surface area contributed by atoms with Crippen LogP contribution in [-0.2, 0) is 97.6 Å². The molecule has 3 aromatic carbocycles. The van der Waals surface area contributed by atoms with Crippen molar-refractivity contribution in [3.8, 4) is 5.75 Å². The van der Waals surface area contributed by atoms with Gasteiger partial charge in [0.05, 0.1) is 30.8 Å². The summed E-state index contributed by atoms with van der Waals surface area (Å²) in [4.78, 5) is 217. The maximum absolute atomic E-state index is 14.9. The Kier molecular flexibility index (Phi) is 46.5. The van der Waals surface area contributed by atoms with E-state index in [-0.39, 0.29) is 69.0 Å². The second-order valence-electron chi connectivity index (χ2n) is 31.6. The number of benzene rings is 3. The van der Waals surface area contributed by atoms with Crippen LogP contribution in [0.1, 0.15) is 205 Å². The number of phenolic OH excluding ortho intramolecular Hbond substituents is 1. The number of rotatable bonds is 61. The highest BCUT2D eigenvalue weighted by Crippen LogP contribution is 2.21. The molecule has 0 aliphatic heterocycles. The normalized spacial score (nSPS) is 14.6. The molecule has 5 rings (SSSR count). The van der Waals surface area contributed by atoms with Gasteiger partial charge in [0.15, 0.2) is 0 Å².